The van der Waals surface area contributed by atoms with Crippen LogP contribution in [0.5, 0.6) is 11.5 Å². The first-order valence-corrected chi connectivity index (χ1v) is 15.8. The van der Waals surface area contributed by atoms with Crippen LogP contribution >= 0.6 is 0 Å². The Morgan fingerprint density at radius 1 is 0.979 bits per heavy atom. The van der Waals surface area contributed by atoms with Crippen molar-refractivity contribution in [1.82, 2.24) is 29.1 Å². The monoisotopic (exact) mass is 651 g/mol. The van der Waals surface area contributed by atoms with Gasteiger partial charge in [-0.25, -0.2) is 14.6 Å². The number of carbonyl (C=O) groups excluding carboxylic acids is 4. The van der Waals surface area contributed by atoms with E-state index in [1.54, 1.807) is 17.8 Å². The molecule has 2 aromatic carbocycles. The number of imidazole rings is 1. The first kappa shape index (κ1) is 32.4. The van der Waals surface area contributed by atoms with E-state index < -0.39 is 17.8 Å². The molecule has 1 saturated heterocycles. The van der Waals surface area contributed by atoms with Gasteiger partial charge in [-0.3, -0.25) is 24.2 Å². The number of fused-ring (bicyclic) bond motifs is 2. The van der Waals surface area contributed by atoms with Crippen LogP contribution in [0.4, 0.5) is 5.95 Å². The van der Waals surface area contributed by atoms with Crippen LogP contribution in [0, 0.1) is 0 Å². The third kappa shape index (κ3) is 7.20. The van der Waals surface area contributed by atoms with Gasteiger partial charge in [0.15, 0.2) is 5.75 Å². The van der Waals surface area contributed by atoms with Crippen molar-refractivity contribution in [3.05, 3.63) is 84.5 Å². The number of hydrogen-bond donors (Lipinski definition) is 1. The van der Waals surface area contributed by atoms with E-state index in [1.165, 1.54) is 23.0 Å². The van der Waals surface area contributed by atoms with Crippen molar-refractivity contribution in [1.29, 1.82) is 0 Å². The fourth-order valence-corrected chi connectivity index (χ4v) is 5.97. The Morgan fingerprint density at radius 2 is 1.71 bits per heavy atom. The Balaban J connectivity index is 1.25. The number of aryl methyl sites for hydroxylation is 2. The van der Waals surface area contributed by atoms with Crippen LogP contribution in [0.25, 0.3) is 16.8 Å². The molecule has 0 saturated carbocycles. The standard InChI is InChI=1S/C35H37N7O6/c1-39(2)25-16-18-41(19-17-25)29(43)11-7-8-24-22-42(26-9-5-4-6-10-26)35(37-24)38-34(46)27-12-13-28-32(23-20-36-40(3)21-23)33(27)48-31(45)15-14-30(44)47-28/h4-6,9-10,12-15,20-22,25H,7-8,11,16-19H2,1-3H3,(H,37,38,46)/b15-14+. The van der Waals surface area contributed by atoms with Crippen LogP contribution in [0.1, 0.15) is 41.7 Å². The Hall–Kier alpha value is -5.56. The molecule has 4 heterocycles. The minimum Gasteiger partial charge on any atom is -0.423 e. The van der Waals surface area contributed by atoms with Gasteiger partial charge in [0.2, 0.25) is 11.9 Å². The van der Waals surface area contributed by atoms with Gasteiger partial charge in [0.25, 0.3) is 5.91 Å². The molecular formula is C35H37N7O6. The highest BCUT2D eigenvalue weighted by atomic mass is 16.5. The number of esters is 2. The fraction of sp³-hybridized carbons (Fsp3) is 0.314. The van der Waals surface area contributed by atoms with E-state index in [2.05, 4.69) is 29.4 Å². The maximum Gasteiger partial charge on any atom is 0.336 e. The zero-order valence-electron chi connectivity index (χ0n) is 27.1. The number of piperidine rings is 1. The van der Waals surface area contributed by atoms with Gasteiger partial charge in [-0.1, -0.05) is 18.2 Å². The lowest BCUT2D eigenvalue weighted by Crippen LogP contribution is -2.44. The van der Waals surface area contributed by atoms with Gasteiger partial charge in [0.1, 0.15) is 5.75 Å². The fourth-order valence-electron chi connectivity index (χ4n) is 5.97. The molecule has 6 rings (SSSR count). The van der Waals surface area contributed by atoms with Crippen molar-refractivity contribution in [3.63, 3.8) is 0 Å². The minimum absolute atomic E-state index is 0.0186. The summed E-state index contributed by atoms with van der Waals surface area (Å²) in [6.07, 6.45) is 10.4. The average Bonchev–Trinajstić information content (AvgIpc) is 3.70. The van der Waals surface area contributed by atoms with Crippen molar-refractivity contribution >= 4 is 29.7 Å². The topological polar surface area (TPSA) is 141 Å². The molecule has 0 aliphatic carbocycles. The number of nitrogens with zero attached hydrogens (tertiary/aromatic N) is 6. The third-order valence-electron chi connectivity index (χ3n) is 8.51. The summed E-state index contributed by atoms with van der Waals surface area (Å²) < 4.78 is 14.4. The molecule has 2 bridgehead atoms. The average molecular weight is 652 g/mol. The predicted octanol–water partition coefficient (Wildman–Crippen LogP) is 3.78. The molecule has 248 valence electrons. The molecule has 2 aromatic heterocycles. The summed E-state index contributed by atoms with van der Waals surface area (Å²) in [6.45, 7) is 1.53. The van der Waals surface area contributed by atoms with E-state index in [0.29, 0.717) is 36.6 Å². The van der Waals surface area contributed by atoms with E-state index in [0.717, 1.165) is 43.8 Å². The summed E-state index contributed by atoms with van der Waals surface area (Å²) >= 11 is 0. The van der Waals surface area contributed by atoms with E-state index in [9.17, 15) is 19.2 Å². The molecule has 13 nitrogen and oxygen atoms in total. The molecule has 1 fully saturated rings. The highest BCUT2D eigenvalue weighted by Crippen LogP contribution is 2.42. The molecule has 0 spiro atoms. The van der Waals surface area contributed by atoms with Gasteiger partial charge in [-0.2, -0.15) is 5.10 Å². The Bertz CT molecular complexity index is 1870. The summed E-state index contributed by atoms with van der Waals surface area (Å²) in [5.41, 5.74) is 2.19. The third-order valence-corrected chi connectivity index (χ3v) is 8.51. The minimum atomic E-state index is -0.852. The number of carbonyl (C=O) groups is 4. The van der Waals surface area contributed by atoms with Crippen LogP contribution < -0.4 is 14.8 Å². The van der Waals surface area contributed by atoms with Gasteiger partial charge in [0.05, 0.1) is 23.0 Å². The lowest BCUT2D eigenvalue weighted by molar-refractivity contribution is -0.133. The van der Waals surface area contributed by atoms with Gasteiger partial charge in [-0.05, 0) is 64.0 Å². The number of para-hydroxylation sites is 1. The molecule has 0 unspecified atom stereocenters. The van der Waals surface area contributed by atoms with E-state index in [1.807, 2.05) is 41.4 Å². The van der Waals surface area contributed by atoms with Crippen LogP contribution in [-0.2, 0) is 27.9 Å². The Morgan fingerprint density at radius 3 is 2.40 bits per heavy atom. The molecule has 13 heteroatoms. The van der Waals surface area contributed by atoms with E-state index in [-0.39, 0.29) is 34.5 Å². The van der Waals surface area contributed by atoms with Crippen molar-refractivity contribution < 1.29 is 28.7 Å². The zero-order chi connectivity index (χ0) is 33.8. The van der Waals surface area contributed by atoms with Gasteiger partial charge in [-0.15, -0.1) is 0 Å². The van der Waals surface area contributed by atoms with Crippen molar-refractivity contribution in [2.24, 2.45) is 7.05 Å². The summed E-state index contributed by atoms with van der Waals surface area (Å²) in [4.78, 5) is 60.8. The van der Waals surface area contributed by atoms with Crippen LogP contribution in [-0.4, -0.2) is 86.1 Å². The molecule has 2 aliphatic heterocycles. The van der Waals surface area contributed by atoms with Crippen molar-refractivity contribution in [2.45, 2.75) is 38.1 Å². The number of likely N-dealkylation sites (tertiary alicyclic amines) is 1. The Labute approximate surface area is 277 Å². The number of anilines is 1. The zero-order valence-corrected chi connectivity index (χ0v) is 27.1. The number of amides is 2. The summed E-state index contributed by atoms with van der Waals surface area (Å²) in [5, 5.41) is 7.07. The number of rotatable bonds is 9. The second-order valence-electron chi connectivity index (χ2n) is 12.0. The maximum absolute atomic E-state index is 14.0. The van der Waals surface area contributed by atoms with Gasteiger partial charge >= 0.3 is 11.9 Å². The molecule has 1 N–H and O–H groups in total. The molecule has 0 atom stereocenters. The second kappa shape index (κ2) is 14.1. The number of hydrogen-bond acceptors (Lipinski definition) is 9. The predicted molar refractivity (Wildman–Crippen MR) is 177 cm³/mol. The lowest BCUT2D eigenvalue weighted by atomic mass is 10.0. The van der Waals surface area contributed by atoms with Crippen LogP contribution in [0.15, 0.2) is 73.2 Å². The first-order chi connectivity index (χ1) is 23.2. The molecule has 48 heavy (non-hydrogen) atoms. The van der Waals surface area contributed by atoms with E-state index in [4.69, 9.17) is 14.5 Å². The normalized spacial score (nSPS) is 15.7. The number of ether oxygens (including phenoxy) is 2. The number of benzene rings is 2. The van der Waals surface area contributed by atoms with Crippen molar-refractivity contribution in [2.75, 3.05) is 32.5 Å². The summed E-state index contributed by atoms with van der Waals surface area (Å²) in [5.74, 6) is -1.82. The number of aromatic nitrogens is 4. The Kier molecular flexibility index (Phi) is 9.48. The summed E-state index contributed by atoms with van der Waals surface area (Å²) in [7, 11) is 5.86. The highest BCUT2D eigenvalue weighted by molar-refractivity contribution is 6.09. The molecular weight excluding hydrogens is 614 g/mol. The maximum atomic E-state index is 14.0. The molecule has 2 aliphatic rings. The van der Waals surface area contributed by atoms with Gasteiger partial charge < -0.3 is 19.3 Å². The largest absolute Gasteiger partial charge is 0.423 e. The van der Waals surface area contributed by atoms with Crippen molar-refractivity contribution in [3.8, 4) is 28.3 Å². The van der Waals surface area contributed by atoms with E-state index >= 15 is 0 Å². The first-order valence-electron chi connectivity index (χ1n) is 15.8. The SMILES string of the molecule is CN(C)C1CCN(C(=O)CCCc2cn(-c3ccccc3)c(NC(=O)c3ccc4c(-c5cnn(C)c5)c3OC(=O)/C=C/C(=O)O4)n2)CC1. The smallest absolute Gasteiger partial charge is 0.336 e. The molecule has 2 amide bonds. The second-order valence-corrected chi connectivity index (χ2v) is 12.0. The van der Waals surface area contributed by atoms with Crippen LogP contribution in [0.3, 0.4) is 0 Å². The number of nitrogens with one attached hydrogen (secondary N) is 1. The quantitative estimate of drug-likeness (QED) is 0.212. The summed E-state index contributed by atoms with van der Waals surface area (Å²) in [6, 6.07) is 12.8. The molecule has 0 radical (unpaired) electrons. The van der Waals surface area contributed by atoms with Gasteiger partial charge in [0, 0.05) is 68.4 Å². The highest BCUT2D eigenvalue weighted by Gasteiger charge is 2.28. The lowest BCUT2D eigenvalue weighted by Gasteiger charge is -2.35. The molecule has 4 aromatic rings. The van der Waals surface area contributed by atoms with Crippen LogP contribution in [0.2, 0.25) is 0 Å².